The Hall–Kier alpha value is -2.29. The largest absolute Gasteiger partial charge is 0.481 e. The Morgan fingerprint density at radius 1 is 1.05 bits per heavy atom. The molecule has 0 bridgehead atoms. The minimum atomic E-state index is -0.492. The van der Waals surface area contributed by atoms with Crippen LogP contribution in [0.1, 0.15) is 12.5 Å². The lowest BCUT2D eigenvalue weighted by molar-refractivity contribution is -0.127. The van der Waals surface area contributed by atoms with E-state index in [2.05, 4.69) is 17.4 Å². The molecule has 0 saturated heterocycles. The zero-order chi connectivity index (χ0) is 14.2. The Morgan fingerprint density at radius 3 is 2.30 bits per heavy atom. The second-order valence-electron chi connectivity index (χ2n) is 4.60. The van der Waals surface area contributed by atoms with Gasteiger partial charge < -0.3 is 10.1 Å². The van der Waals surface area contributed by atoms with Gasteiger partial charge in [-0.25, -0.2) is 0 Å². The molecule has 1 atom stereocenters. The van der Waals surface area contributed by atoms with Crippen molar-refractivity contribution in [2.75, 3.05) is 6.54 Å². The van der Waals surface area contributed by atoms with Crippen molar-refractivity contribution in [2.24, 2.45) is 0 Å². The van der Waals surface area contributed by atoms with Gasteiger partial charge in [-0.1, -0.05) is 48.5 Å². The average molecular weight is 269 g/mol. The van der Waals surface area contributed by atoms with Crippen LogP contribution in [0.3, 0.4) is 0 Å². The number of benzene rings is 2. The molecular weight excluding hydrogens is 250 g/mol. The van der Waals surface area contributed by atoms with E-state index in [1.807, 2.05) is 48.5 Å². The predicted octanol–water partition coefficient (Wildman–Crippen LogP) is 2.81. The first-order chi connectivity index (χ1) is 9.75. The van der Waals surface area contributed by atoms with E-state index in [4.69, 9.17) is 4.74 Å². The van der Waals surface area contributed by atoms with Gasteiger partial charge in [-0.2, -0.15) is 0 Å². The Kier molecular flexibility index (Phi) is 5.18. The normalized spacial score (nSPS) is 11.7. The lowest BCUT2D eigenvalue weighted by Gasteiger charge is -2.14. The molecule has 104 valence electrons. The van der Waals surface area contributed by atoms with E-state index in [9.17, 15) is 4.79 Å². The van der Waals surface area contributed by atoms with E-state index in [-0.39, 0.29) is 5.91 Å². The molecule has 0 aliphatic carbocycles. The van der Waals surface area contributed by atoms with Crippen LogP contribution in [-0.2, 0) is 11.2 Å². The molecule has 2 aromatic carbocycles. The van der Waals surface area contributed by atoms with Gasteiger partial charge in [0.2, 0.25) is 0 Å². The number of para-hydroxylation sites is 1. The number of carbonyl (C=O) groups is 1. The van der Waals surface area contributed by atoms with Crippen molar-refractivity contribution in [3.63, 3.8) is 0 Å². The van der Waals surface area contributed by atoms with Crippen molar-refractivity contribution in [1.82, 2.24) is 5.32 Å². The van der Waals surface area contributed by atoms with Crippen LogP contribution in [0.4, 0.5) is 0 Å². The first-order valence-corrected chi connectivity index (χ1v) is 6.79. The first kappa shape index (κ1) is 14.1. The molecule has 0 fully saturated rings. The summed E-state index contributed by atoms with van der Waals surface area (Å²) in [4.78, 5) is 11.9. The van der Waals surface area contributed by atoms with Gasteiger partial charge in [-0.05, 0) is 31.0 Å². The monoisotopic (exact) mass is 269 g/mol. The molecule has 1 amide bonds. The Balaban J connectivity index is 1.74. The van der Waals surface area contributed by atoms with E-state index < -0.39 is 6.10 Å². The van der Waals surface area contributed by atoms with Gasteiger partial charge in [0.1, 0.15) is 5.75 Å². The average Bonchev–Trinajstić information content (AvgIpc) is 2.49. The highest BCUT2D eigenvalue weighted by atomic mass is 16.5. The third kappa shape index (κ3) is 4.43. The highest BCUT2D eigenvalue weighted by Crippen LogP contribution is 2.10. The number of carbonyl (C=O) groups excluding carboxylic acids is 1. The Labute approximate surface area is 119 Å². The van der Waals surface area contributed by atoms with E-state index >= 15 is 0 Å². The zero-order valence-electron chi connectivity index (χ0n) is 11.6. The van der Waals surface area contributed by atoms with Crippen molar-refractivity contribution in [2.45, 2.75) is 19.4 Å². The highest BCUT2D eigenvalue weighted by molar-refractivity contribution is 5.80. The maximum Gasteiger partial charge on any atom is 0.260 e. The van der Waals surface area contributed by atoms with Gasteiger partial charge in [-0.3, -0.25) is 4.79 Å². The fourth-order valence-electron chi connectivity index (χ4n) is 1.88. The second-order valence-corrected chi connectivity index (χ2v) is 4.60. The molecule has 0 aliphatic rings. The van der Waals surface area contributed by atoms with Crippen LogP contribution in [-0.4, -0.2) is 18.6 Å². The number of hydrogen-bond acceptors (Lipinski definition) is 2. The molecule has 0 saturated carbocycles. The third-order valence-corrected chi connectivity index (χ3v) is 2.98. The molecule has 0 aromatic heterocycles. The van der Waals surface area contributed by atoms with Crippen LogP contribution in [0.15, 0.2) is 60.7 Å². The maximum absolute atomic E-state index is 11.9. The summed E-state index contributed by atoms with van der Waals surface area (Å²) in [5.74, 6) is 0.614. The summed E-state index contributed by atoms with van der Waals surface area (Å²) in [7, 11) is 0. The van der Waals surface area contributed by atoms with Gasteiger partial charge in [0.25, 0.3) is 5.91 Å². The number of hydrogen-bond donors (Lipinski definition) is 1. The summed E-state index contributed by atoms with van der Waals surface area (Å²) in [6.07, 6.45) is 0.332. The number of ether oxygens (including phenoxy) is 1. The van der Waals surface area contributed by atoms with Crippen LogP contribution >= 0.6 is 0 Å². The van der Waals surface area contributed by atoms with Gasteiger partial charge in [0, 0.05) is 6.54 Å². The molecule has 0 spiro atoms. The van der Waals surface area contributed by atoms with Crippen molar-refractivity contribution in [3.8, 4) is 5.75 Å². The summed E-state index contributed by atoms with van der Waals surface area (Å²) >= 11 is 0. The van der Waals surface area contributed by atoms with E-state index in [1.54, 1.807) is 6.92 Å². The fourth-order valence-corrected chi connectivity index (χ4v) is 1.88. The van der Waals surface area contributed by atoms with E-state index in [0.717, 1.165) is 6.42 Å². The lowest BCUT2D eigenvalue weighted by Crippen LogP contribution is -2.37. The SMILES string of the molecule is C[C@@H](Oc1ccccc1)C(=O)NCCc1ccccc1. The fraction of sp³-hybridized carbons (Fsp3) is 0.235. The molecule has 0 aliphatic heterocycles. The van der Waals surface area contributed by atoms with Crippen LogP contribution in [0.25, 0.3) is 0 Å². The van der Waals surface area contributed by atoms with Gasteiger partial charge >= 0.3 is 0 Å². The molecule has 2 aromatic rings. The Bertz CT molecular complexity index is 525. The molecular formula is C17H19NO2. The van der Waals surface area contributed by atoms with Gasteiger partial charge in [0.05, 0.1) is 0 Å². The first-order valence-electron chi connectivity index (χ1n) is 6.79. The smallest absolute Gasteiger partial charge is 0.260 e. The molecule has 0 radical (unpaired) electrons. The molecule has 20 heavy (non-hydrogen) atoms. The molecule has 0 heterocycles. The number of nitrogens with one attached hydrogen (secondary N) is 1. The Morgan fingerprint density at radius 2 is 1.65 bits per heavy atom. The molecule has 0 unspecified atom stereocenters. The van der Waals surface area contributed by atoms with E-state index in [0.29, 0.717) is 12.3 Å². The number of amides is 1. The second kappa shape index (κ2) is 7.34. The summed E-state index contributed by atoms with van der Waals surface area (Å²) in [5.41, 5.74) is 1.21. The highest BCUT2D eigenvalue weighted by Gasteiger charge is 2.13. The van der Waals surface area contributed by atoms with E-state index in [1.165, 1.54) is 5.56 Å². The van der Waals surface area contributed by atoms with Gasteiger partial charge in [-0.15, -0.1) is 0 Å². The topological polar surface area (TPSA) is 38.3 Å². The lowest BCUT2D eigenvalue weighted by atomic mass is 10.1. The minimum absolute atomic E-state index is 0.0928. The van der Waals surface area contributed by atoms with Crippen LogP contribution in [0.5, 0.6) is 5.75 Å². The van der Waals surface area contributed by atoms with Crippen LogP contribution in [0.2, 0.25) is 0 Å². The van der Waals surface area contributed by atoms with Crippen LogP contribution < -0.4 is 10.1 Å². The quantitative estimate of drug-likeness (QED) is 0.875. The molecule has 3 heteroatoms. The minimum Gasteiger partial charge on any atom is -0.481 e. The molecule has 2 rings (SSSR count). The summed E-state index contributed by atoms with van der Waals surface area (Å²) in [6, 6.07) is 19.4. The summed E-state index contributed by atoms with van der Waals surface area (Å²) in [5, 5.41) is 2.89. The van der Waals surface area contributed by atoms with Crippen LogP contribution in [0, 0.1) is 0 Å². The molecule has 3 nitrogen and oxygen atoms in total. The third-order valence-electron chi connectivity index (χ3n) is 2.98. The summed E-state index contributed by atoms with van der Waals surface area (Å²) < 4.78 is 5.57. The van der Waals surface area contributed by atoms with Crippen molar-refractivity contribution >= 4 is 5.91 Å². The number of rotatable bonds is 6. The molecule has 1 N–H and O–H groups in total. The van der Waals surface area contributed by atoms with Crippen molar-refractivity contribution in [3.05, 3.63) is 66.2 Å². The standard InChI is InChI=1S/C17H19NO2/c1-14(20-16-10-6-3-7-11-16)17(19)18-13-12-15-8-4-2-5-9-15/h2-11,14H,12-13H2,1H3,(H,18,19)/t14-/m1/s1. The van der Waals surface area contributed by atoms with Crippen molar-refractivity contribution < 1.29 is 9.53 Å². The van der Waals surface area contributed by atoms with Gasteiger partial charge in [0.15, 0.2) is 6.10 Å². The predicted molar refractivity (Wildman–Crippen MR) is 79.7 cm³/mol. The summed E-state index contributed by atoms with van der Waals surface area (Å²) in [6.45, 7) is 2.37. The van der Waals surface area contributed by atoms with Crippen molar-refractivity contribution in [1.29, 1.82) is 0 Å². The maximum atomic E-state index is 11.9. The zero-order valence-corrected chi connectivity index (χ0v) is 11.6.